The summed E-state index contributed by atoms with van der Waals surface area (Å²) in [6, 6.07) is 5.53. The van der Waals surface area contributed by atoms with Crippen LogP contribution in [0.3, 0.4) is 0 Å². The summed E-state index contributed by atoms with van der Waals surface area (Å²) < 4.78 is 0. The lowest BCUT2D eigenvalue weighted by Gasteiger charge is -2.19. The third-order valence-corrected chi connectivity index (χ3v) is 3.94. The molecule has 0 bridgehead atoms. The average molecular weight is 307 g/mol. The van der Waals surface area contributed by atoms with Gasteiger partial charge in [-0.05, 0) is 42.9 Å². The number of hydrogen-bond acceptors (Lipinski definition) is 4. The van der Waals surface area contributed by atoms with E-state index in [1.54, 1.807) is 12.3 Å². The fourth-order valence-corrected chi connectivity index (χ4v) is 2.62. The number of imidazole rings is 1. The highest BCUT2D eigenvalue weighted by atomic mass is 16.2. The Bertz CT molecular complexity index is 799. The van der Waals surface area contributed by atoms with E-state index in [0.717, 1.165) is 30.5 Å². The van der Waals surface area contributed by atoms with Gasteiger partial charge in [-0.2, -0.15) is 5.26 Å². The second kappa shape index (κ2) is 6.44. The zero-order chi connectivity index (χ0) is 16.2. The van der Waals surface area contributed by atoms with E-state index in [4.69, 9.17) is 5.26 Å². The van der Waals surface area contributed by atoms with E-state index in [1.807, 2.05) is 12.1 Å². The molecule has 0 saturated heterocycles. The van der Waals surface area contributed by atoms with Gasteiger partial charge in [0.25, 0.3) is 5.91 Å². The Morgan fingerprint density at radius 2 is 2.35 bits per heavy atom. The van der Waals surface area contributed by atoms with Crippen molar-refractivity contribution in [1.82, 2.24) is 15.0 Å². The number of amides is 1. The van der Waals surface area contributed by atoms with Crippen molar-refractivity contribution in [2.45, 2.75) is 26.2 Å². The summed E-state index contributed by atoms with van der Waals surface area (Å²) in [7, 11) is 0. The quantitative estimate of drug-likeness (QED) is 0.910. The van der Waals surface area contributed by atoms with Crippen LogP contribution < -0.4 is 5.32 Å². The van der Waals surface area contributed by atoms with Crippen LogP contribution in [0.1, 0.15) is 48.2 Å². The number of carbonyl (C=O) groups excluding carboxylic acids is 1. The lowest BCUT2D eigenvalue weighted by molar-refractivity contribution is 0.101. The number of nitrogens with one attached hydrogen (secondary N) is 2. The van der Waals surface area contributed by atoms with Gasteiger partial charge in [-0.25, -0.2) is 4.98 Å². The Morgan fingerprint density at radius 3 is 3.04 bits per heavy atom. The maximum Gasteiger partial charge on any atom is 0.291 e. The highest BCUT2D eigenvalue weighted by Gasteiger charge is 2.18. The van der Waals surface area contributed by atoms with Crippen LogP contribution in [0.25, 0.3) is 5.57 Å². The van der Waals surface area contributed by atoms with Crippen molar-refractivity contribution in [2.24, 2.45) is 5.92 Å². The Labute approximate surface area is 134 Å². The molecule has 116 valence electrons. The van der Waals surface area contributed by atoms with Crippen LogP contribution in [0.5, 0.6) is 0 Å². The first-order chi connectivity index (χ1) is 11.2. The number of anilines is 1. The highest BCUT2D eigenvalue weighted by Crippen LogP contribution is 2.32. The van der Waals surface area contributed by atoms with Crippen LogP contribution in [-0.2, 0) is 0 Å². The fraction of sp³-hybridized carbons (Fsp3) is 0.294. The smallest absolute Gasteiger partial charge is 0.291 e. The van der Waals surface area contributed by atoms with Crippen LogP contribution in [0.4, 0.5) is 5.69 Å². The first kappa shape index (κ1) is 15.0. The van der Waals surface area contributed by atoms with Gasteiger partial charge in [0.2, 0.25) is 0 Å². The van der Waals surface area contributed by atoms with Gasteiger partial charge in [0.1, 0.15) is 11.8 Å². The van der Waals surface area contributed by atoms with Crippen LogP contribution >= 0.6 is 0 Å². The monoisotopic (exact) mass is 307 g/mol. The van der Waals surface area contributed by atoms with Crippen LogP contribution in [0, 0.1) is 17.2 Å². The van der Waals surface area contributed by atoms with Gasteiger partial charge in [-0.1, -0.05) is 13.0 Å². The van der Waals surface area contributed by atoms with Crippen molar-refractivity contribution in [3.8, 4) is 6.07 Å². The van der Waals surface area contributed by atoms with Crippen molar-refractivity contribution in [2.75, 3.05) is 5.32 Å². The lowest BCUT2D eigenvalue weighted by Crippen LogP contribution is -2.16. The summed E-state index contributed by atoms with van der Waals surface area (Å²) in [6.45, 7) is 2.23. The normalized spacial score (nSPS) is 17.2. The fourth-order valence-electron chi connectivity index (χ4n) is 2.62. The molecular formula is C17H17N5O. The topological polar surface area (TPSA) is 94.5 Å². The SMILES string of the molecule is CC1CC=C(c2ncccc2NC(=O)c2ncc(C#N)[nH]2)CC1. The molecule has 1 aliphatic rings. The number of allylic oxidation sites excluding steroid dienone is 2. The summed E-state index contributed by atoms with van der Waals surface area (Å²) in [5.41, 5.74) is 2.88. The van der Waals surface area contributed by atoms with Crippen LogP contribution in [0.2, 0.25) is 0 Å². The number of aromatic amines is 1. The van der Waals surface area contributed by atoms with Gasteiger partial charge >= 0.3 is 0 Å². The minimum absolute atomic E-state index is 0.114. The molecule has 1 amide bonds. The van der Waals surface area contributed by atoms with Crippen molar-refractivity contribution in [3.05, 3.63) is 47.8 Å². The maximum absolute atomic E-state index is 12.3. The summed E-state index contributed by atoms with van der Waals surface area (Å²) in [6.07, 6.45) is 8.38. The summed E-state index contributed by atoms with van der Waals surface area (Å²) in [5.74, 6) is 0.418. The predicted octanol–water partition coefficient (Wildman–Crippen LogP) is 3.13. The molecule has 3 rings (SSSR count). The molecule has 2 N–H and O–H groups in total. The number of nitriles is 1. The largest absolute Gasteiger partial charge is 0.326 e. The summed E-state index contributed by atoms with van der Waals surface area (Å²) in [5, 5.41) is 11.6. The molecule has 1 unspecified atom stereocenters. The molecule has 0 aliphatic heterocycles. The van der Waals surface area contributed by atoms with E-state index in [1.165, 1.54) is 6.20 Å². The Balaban J connectivity index is 1.83. The van der Waals surface area contributed by atoms with E-state index in [2.05, 4.69) is 33.3 Å². The van der Waals surface area contributed by atoms with E-state index >= 15 is 0 Å². The van der Waals surface area contributed by atoms with Gasteiger partial charge in [-0.3, -0.25) is 9.78 Å². The average Bonchev–Trinajstić information content (AvgIpc) is 3.05. The number of carbonyl (C=O) groups is 1. The summed E-state index contributed by atoms with van der Waals surface area (Å²) >= 11 is 0. The van der Waals surface area contributed by atoms with Crippen LogP contribution in [-0.4, -0.2) is 20.9 Å². The number of aromatic nitrogens is 3. The maximum atomic E-state index is 12.3. The van der Waals surface area contributed by atoms with Gasteiger partial charge in [0.15, 0.2) is 5.82 Å². The molecule has 2 aromatic heterocycles. The molecule has 6 heteroatoms. The minimum atomic E-state index is -0.384. The number of hydrogen-bond donors (Lipinski definition) is 2. The zero-order valence-electron chi connectivity index (χ0n) is 12.8. The van der Waals surface area contributed by atoms with Crippen molar-refractivity contribution in [1.29, 1.82) is 5.26 Å². The molecule has 23 heavy (non-hydrogen) atoms. The third-order valence-electron chi connectivity index (χ3n) is 3.94. The van der Waals surface area contributed by atoms with Crippen molar-refractivity contribution < 1.29 is 4.79 Å². The van der Waals surface area contributed by atoms with Gasteiger partial charge in [0.05, 0.1) is 17.6 Å². The molecule has 0 spiro atoms. The van der Waals surface area contributed by atoms with E-state index in [9.17, 15) is 4.79 Å². The number of rotatable bonds is 3. The molecule has 2 heterocycles. The number of H-pyrrole nitrogens is 1. The second-order valence-electron chi connectivity index (χ2n) is 5.72. The standard InChI is InChI=1S/C17H17N5O/c1-11-4-6-12(7-5-11)15-14(3-2-8-19-15)22-17(23)16-20-10-13(9-18)21-16/h2-3,6,8,10-11H,4-5,7H2,1H3,(H,20,21)(H,22,23). The van der Waals surface area contributed by atoms with Crippen molar-refractivity contribution in [3.63, 3.8) is 0 Å². The summed E-state index contributed by atoms with van der Waals surface area (Å²) in [4.78, 5) is 23.3. The molecule has 0 aromatic carbocycles. The molecule has 6 nitrogen and oxygen atoms in total. The molecule has 2 aromatic rings. The molecule has 0 saturated carbocycles. The molecule has 1 aliphatic carbocycles. The van der Waals surface area contributed by atoms with E-state index in [-0.39, 0.29) is 17.4 Å². The highest BCUT2D eigenvalue weighted by molar-refractivity contribution is 6.03. The Kier molecular flexibility index (Phi) is 4.20. The molecule has 1 atom stereocenters. The number of nitrogens with zero attached hydrogens (tertiary/aromatic N) is 3. The van der Waals surface area contributed by atoms with Gasteiger partial charge < -0.3 is 10.3 Å². The first-order valence-corrected chi connectivity index (χ1v) is 7.58. The lowest BCUT2D eigenvalue weighted by atomic mass is 9.89. The van der Waals surface area contributed by atoms with Gasteiger partial charge in [0, 0.05) is 6.20 Å². The van der Waals surface area contributed by atoms with E-state index < -0.39 is 0 Å². The van der Waals surface area contributed by atoms with Crippen LogP contribution in [0.15, 0.2) is 30.6 Å². The second-order valence-corrected chi connectivity index (χ2v) is 5.72. The zero-order valence-corrected chi connectivity index (χ0v) is 12.8. The Morgan fingerprint density at radius 1 is 1.48 bits per heavy atom. The van der Waals surface area contributed by atoms with E-state index in [0.29, 0.717) is 11.6 Å². The number of pyridine rings is 1. The first-order valence-electron chi connectivity index (χ1n) is 7.58. The predicted molar refractivity (Wildman–Crippen MR) is 86.5 cm³/mol. The van der Waals surface area contributed by atoms with Crippen molar-refractivity contribution >= 4 is 17.2 Å². The Hall–Kier alpha value is -2.94. The molecular weight excluding hydrogens is 290 g/mol. The van der Waals surface area contributed by atoms with Gasteiger partial charge in [-0.15, -0.1) is 0 Å². The molecule has 0 fully saturated rings. The minimum Gasteiger partial charge on any atom is -0.326 e. The third kappa shape index (κ3) is 3.29. The molecule has 0 radical (unpaired) electrons.